The van der Waals surface area contributed by atoms with Gasteiger partial charge in [-0.15, -0.1) is 0 Å². The van der Waals surface area contributed by atoms with Crippen LogP contribution in [0.5, 0.6) is 0 Å². The highest BCUT2D eigenvalue weighted by atomic mass is 35.5. The van der Waals surface area contributed by atoms with E-state index in [0.29, 0.717) is 23.5 Å². The highest BCUT2D eigenvalue weighted by molar-refractivity contribution is 6.30. The van der Waals surface area contributed by atoms with Gasteiger partial charge in [0, 0.05) is 0 Å². The van der Waals surface area contributed by atoms with Gasteiger partial charge in [-0.2, -0.15) is 5.10 Å². The molecule has 0 fully saturated rings. The Hall–Kier alpha value is -1.88. The minimum Gasteiger partial charge on any atom is -0.478 e. The lowest BCUT2D eigenvalue weighted by molar-refractivity contribution is 0.0695. The SMILES string of the molecule is Cc1nn(Cc2ccc(Cl)c(F)c2)c(C)c1C(=O)O. The Kier molecular flexibility index (Phi) is 3.57. The van der Waals surface area contributed by atoms with Crippen LogP contribution in [-0.4, -0.2) is 20.9 Å². The largest absolute Gasteiger partial charge is 0.478 e. The molecule has 0 bridgehead atoms. The van der Waals surface area contributed by atoms with E-state index in [1.54, 1.807) is 24.6 Å². The Balaban J connectivity index is 2.36. The van der Waals surface area contributed by atoms with Crippen molar-refractivity contribution in [3.05, 3.63) is 51.6 Å². The van der Waals surface area contributed by atoms with Gasteiger partial charge < -0.3 is 5.11 Å². The van der Waals surface area contributed by atoms with Gasteiger partial charge in [0.2, 0.25) is 0 Å². The number of carboxylic acids is 1. The summed E-state index contributed by atoms with van der Waals surface area (Å²) in [7, 11) is 0. The van der Waals surface area contributed by atoms with E-state index < -0.39 is 11.8 Å². The van der Waals surface area contributed by atoms with Crippen LogP contribution in [0, 0.1) is 19.7 Å². The third-order valence-electron chi connectivity index (χ3n) is 2.91. The van der Waals surface area contributed by atoms with Crippen molar-refractivity contribution in [2.75, 3.05) is 0 Å². The zero-order valence-electron chi connectivity index (χ0n) is 10.4. The molecule has 100 valence electrons. The third kappa shape index (κ3) is 2.61. The Morgan fingerprint density at radius 3 is 2.68 bits per heavy atom. The molecule has 0 saturated heterocycles. The zero-order chi connectivity index (χ0) is 14.2. The van der Waals surface area contributed by atoms with Crippen molar-refractivity contribution in [3.63, 3.8) is 0 Å². The van der Waals surface area contributed by atoms with Gasteiger partial charge in [0.1, 0.15) is 11.4 Å². The molecule has 1 aromatic carbocycles. The predicted molar refractivity (Wildman–Crippen MR) is 69.2 cm³/mol. The molecule has 2 aromatic rings. The van der Waals surface area contributed by atoms with Crippen molar-refractivity contribution >= 4 is 17.6 Å². The molecule has 19 heavy (non-hydrogen) atoms. The molecule has 2 rings (SSSR count). The molecule has 0 amide bonds. The quantitative estimate of drug-likeness (QED) is 0.941. The van der Waals surface area contributed by atoms with Crippen LogP contribution < -0.4 is 0 Å². The second-order valence-corrected chi connectivity index (χ2v) is 4.66. The van der Waals surface area contributed by atoms with Gasteiger partial charge in [-0.05, 0) is 31.5 Å². The first-order valence-corrected chi connectivity index (χ1v) is 5.99. The molecule has 1 N–H and O–H groups in total. The first-order valence-electron chi connectivity index (χ1n) is 5.61. The number of halogens is 2. The van der Waals surface area contributed by atoms with Gasteiger partial charge in [-0.25, -0.2) is 9.18 Å². The van der Waals surface area contributed by atoms with Gasteiger partial charge in [-0.1, -0.05) is 17.7 Å². The number of carboxylic acid groups (broad SMARTS) is 1. The fourth-order valence-corrected chi connectivity index (χ4v) is 2.09. The van der Waals surface area contributed by atoms with Crippen molar-refractivity contribution in [3.8, 4) is 0 Å². The molecule has 4 nitrogen and oxygen atoms in total. The number of carbonyl (C=O) groups is 1. The summed E-state index contributed by atoms with van der Waals surface area (Å²) in [6.45, 7) is 3.61. The lowest BCUT2D eigenvalue weighted by Crippen LogP contribution is -2.06. The highest BCUT2D eigenvalue weighted by Crippen LogP contribution is 2.18. The number of aromatic nitrogens is 2. The van der Waals surface area contributed by atoms with E-state index in [-0.39, 0.29) is 10.6 Å². The smallest absolute Gasteiger partial charge is 0.339 e. The lowest BCUT2D eigenvalue weighted by Gasteiger charge is -2.05. The number of aryl methyl sites for hydroxylation is 1. The number of hydrogen-bond acceptors (Lipinski definition) is 2. The maximum absolute atomic E-state index is 13.3. The van der Waals surface area contributed by atoms with E-state index in [2.05, 4.69) is 5.10 Å². The van der Waals surface area contributed by atoms with E-state index in [0.717, 1.165) is 0 Å². The van der Waals surface area contributed by atoms with Crippen molar-refractivity contribution in [2.45, 2.75) is 20.4 Å². The predicted octanol–water partition coefficient (Wildman–Crippen LogP) is 3.04. The Bertz CT molecular complexity index is 652. The van der Waals surface area contributed by atoms with Crippen LogP contribution in [-0.2, 0) is 6.54 Å². The summed E-state index contributed by atoms with van der Waals surface area (Å²) < 4.78 is 14.9. The number of benzene rings is 1. The van der Waals surface area contributed by atoms with Crippen molar-refractivity contribution in [1.82, 2.24) is 9.78 Å². The number of aromatic carboxylic acids is 1. The van der Waals surface area contributed by atoms with Crippen LogP contribution in [0.15, 0.2) is 18.2 Å². The van der Waals surface area contributed by atoms with E-state index >= 15 is 0 Å². The summed E-state index contributed by atoms with van der Waals surface area (Å²) in [5.41, 5.74) is 1.85. The molecular weight excluding hydrogens is 271 g/mol. The molecule has 0 radical (unpaired) electrons. The van der Waals surface area contributed by atoms with Crippen LogP contribution in [0.1, 0.15) is 27.3 Å². The molecule has 0 unspecified atom stereocenters. The average molecular weight is 283 g/mol. The standard InChI is InChI=1S/C13H12ClFN2O2/c1-7-12(13(18)19)8(2)17(16-7)6-9-3-4-10(14)11(15)5-9/h3-5H,6H2,1-2H3,(H,18,19). The number of nitrogens with zero attached hydrogens (tertiary/aromatic N) is 2. The molecular formula is C13H12ClFN2O2. The third-order valence-corrected chi connectivity index (χ3v) is 3.22. The normalized spacial score (nSPS) is 10.7. The minimum absolute atomic E-state index is 0.0587. The van der Waals surface area contributed by atoms with Gasteiger partial charge >= 0.3 is 5.97 Å². The maximum atomic E-state index is 13.3. The monoisotopic (exact) mass is 282 g/mol. The Morgan fingerprint density at radius 1 is 1.47 bits per heavy atom. The second kappa shape index (κ2) is 5.01. The average Bonchev–Trinajstić information content (AvgIpc) is 2.59. The van der Waals surface area contributed by atoms with Crippen molar-refractivity contribution in [2.24, 2.45) is 0 Å². The maximum Gasteiger partial charge on any atom is 0.339 e. The summed E-state index contributed by atoms with van der Waals surface area (Å²) >= 11 is 5.61. The van der Waals surface area contributed by atoms with Gasteiger partial charge in [0.25, 0.3) is 0 Å². The molecule has 0 aliphatic heterocycles. The molecule has 1 heterocycles. The fourth-order valence-electron chi connectivity index (χ4n) is 1.97. The van der Waals surface area contributed by atoms with E-state index in [1.165, 1.54) is 12.1 Å². The summed E-state index contributed by atoms with van der Waals surface area (Å²) in [4.78, 5) is 11.1. The summed E-state index contributed by atoms with van der Waals surface area (Å²) in [5.74, 6) is -1.51. The molecule has 0 spiro atoms. The van der Waals surface area contributed by atoms with Crippen LogP contribution >= 0.6 is 11.6 Å². The van der Waals surface area contributed by atoms with Crippen LogP contribution in [0.3, 0.4) is 0 Å². The molecule has 0 atom stereocenters. The molecule has 0 aliphatic carbocycles. The zero-order valence-corrected chi connectivity index (χ0v) is 11.2. The molecule has 0 aliphatic rings. The topological polar surface area (TPSA) is 55.1 Å². The van der Waals surface area contributed by atoms with Gasteiger partial charge in [0.15, 0.2) is 0 Å². The fraction of sp³-hybridized carbons (Fsp3) is 0.231. The van der Waals surface area contributed by atoms with Crippen LogP contribution in [0.4, 0.5) is 4.39 Å². The molecule has 6 heteroatoms. The number of rotatable bonds is 3. The van der Waals surface area contributed by atoms with Crippen LogP contribution in [0.25, 0.3) is 0 Å². The number of hydrogen-bond donors (Lipinski definition) is 1. The van der Waals surface area contributed by atoms with E-state index in [4.69, 9.17) is 16.7 Å². The highest BCUT2D eigenvalue weighted by Gasteiger charge is 2.17. The first-order chi connectivity index (χ1) is 8.90. The summed E-state index contributed by atoms with van der Waals surface area (Å²) in [6, 6.07) is 4.47. The van der Waals surface area contributed by atoms with E-state index in [1.807, 2.05) is 0 Å². The summed E-state index contributed by atoms with van der Waals surface area (Å²) in [5, 5.41) is 13.3. The second-order valence-electron chi connectivity index (χ2n) is 4.26. The first kappa shape index (κ1) is 13.5. The minimum atomic E-state index is -1.01. The van der Waals surface area contributed by atoms with Gasteiger partial charge in [-0.3, -0.25) is 4.68 Å². The Labute approximate surface area is 114 Å². The van der Waals surface area contributed by atoms with Crippen molar-refractivity contribution < 1.29 is 14.3 Å². The van der Waals surface area contributed by atoms with Crippen molar-refractivity contribution in [1.29, 1.82) is 0 Å². The molecule has 1 aromatic heterocycles. The Morgan fingerprint density at radius 2 is 2.16 bits per heavy atom. The van der Waals surface area contributed by atoms with E-state index in [9.17, 15) is 9.18 Å². The van der Waals surface area contributed by atoms with Crippen LogP contribution in [0.2, 0.25) is 5.02 Å². The lowest BCUT2D eigenvalue weighted by atomic mass is 10.2. The molecule has 0 saturated carbocycles. The van der Waals surface area contributed by atoms with Gasteiger partial charge in [0.05, 0.1) is 23.0 Å². The summed E-state index contributed by atoms with van der Waals surface area (Å²) in [6.07, 6.45) is 0.